The molecule has 1 aliphatic carbocycles. The molecule has 1 rings (SSSR count). The van der Waals surface area contributed by atoms with E-state index in [1.54, 1.807) is 5.57 Å². The molecule has 1 unspecified atom stereocenters. The summed E-state index contributed by atoms with van der Waals surface area (Å²) in [6.07, 6.45) is 5.76. The van der Waals surface area contributed by atoms with E-state index in [0.717, 1.165) is 5.92 Å². The molecular weight excluding hydrogens is 108 g/mol. The first-order chi connectivity index (χ1) is 4.20. The Morgan fingerprint density at radius 3 is 2.56 bits per heavy atom. The topological polar surface area (TPSA) is 0 Å². The predicted molar refractivity (Wildman–Crippen MR) is 41.3 cm³/mol. The third-order valence-corrected chi connectivity index (χ3v) is 1.98. The van der Waals surface area contributed by atoms with E-state index < -0.39 is 0 Å². The molecule has 0 saturated heterocycles. The van der Waals surface area contributed by atoms with Crippen LogP contribution in [0.15, 0.2) is 23.3 Å². The van der Waals surface area contributed by atoms with Gasteiger partial charge in [0, 0.05) is 0 Å². The first-order valence-electron chi connectivity index (χ1n) is 3.54. The Morgan fingerprint density at radius 1 is 1.44 bits per heavy atom. The van der Waals surface area contributed by atoms with E-state index in [4.69, 9.17) is 0 Å². The second-order valence-electron chi connectivity index (χ2n) is 3.00. The Labute approximate surface area is 57.3 Å². The fourth-order valence-corrected chi connectivity index (χ4v) is 1.16. The van der Waals surface area contributed by atoms with Crippen molar-refractivity contribution in [3.8, 4) is 0 Å². The Hall–Kier alpha value is -0.520. The quantitative estimate of drug-likeness (QED) is 0.463. The largest absolute Gasteiger partial charge is 0.0811 e. The minimum absolute atomic E-state index is 0.758. The van der Waals surface area contributed by atoms with Crippen LogP contribution in [-0.4, -0.2) is 0 Å². The lowest BCUT2D eigenvalue weighted by Crippen LogP contribution is -1.97. The van der Waals surface area contributed by atoms with E-state index in [1.807, 2.05) is 0 Å². The molecule has 0 aromatic rings. The van der Waals surface area contributed by atoms with Crippen LogP contribution in [0.5, 0.6) is 0 Å². The molecule has 0 N–H and O–H groups in total. The van der Waals surface area contributed by atoms with Gasteiger partial charge in [-0.3, -0.25) is 0 Å². The highest BCUT2D eigenvalue weighted by Crippen LogP contribution is 2.21. The fraction of sp³-hybridized carbons (Fsp3) is 0.556. The lowest BCUT2D eigenvalue weighted by Gasteiger charge is -2.13. The van der Waals surface area contributed by atoms with Crippen molar-refractivity contribution in [2.45, 2.75) is 27.2 Å². The first kappa shape index (κ1) is 6.60. The Morgan fingerprint density at radius 2 is 2.11 bits per heavy atom. The van der Waals surface area contributed by atoms with Crippen LogP contribution in [0.25, 0.3) is 0 Å². The van der Waals surface area contributed by atoms with Crippen LogP contribution in [0.3, 0.4) is 0 Å². The van der Waals surface area contributed by atoms with Crippen LogP contribution in [0.2, 0.25) is 0 Å². The van der Waals surface area contributed by atoms with E-state index in [2.05, 4.69) is 32.9 Å². The van der Waals surface area contributed by atoms with Crippen molar-refractivity contribution in [1.82, 2.24) is 0 Å². The summed E-state index contributed by atoms with van der Waals surface area (Å²) in [7, 11) is 0. The van der Waals surface area contributed by atoms with Gasteiger partial charge in [0.25, 0.3) is 0 Å². The maximum Gasteiger partial charge on any atom is -0.0221 e. The van der Waals surface area contributed by atoms with Crippen molar-refractivity contribution in [2.24, 2.45) is 5.92 Å². The van der Waals surface area contributed by atoms with Crippen LogP contribution in [0.1, 0.15) is 27.2 Å². The zero-order valence-electron chi connectivity index (χ0n) is 6.44. The van der Waals surface area contributed by atoms with Crippen molar-refractivity contribution < 1.29 is 0 Å². The van der Waals surface area contributed by atoms with Crippen LogP contribution in [-0.2, 0) is 0 Å². The van der Waals surface area contributed by atoms with Gasteiger partial charge in [-0.25, -0.2) is 0 Å². The van der Waals surface area contributed by atoms with Gasteiger partial charge < -0.3 is 0 Å². The van der Waals surface area contributed by atoms with Gasteiger partial charge in [-0.2, -0.15) is 0 Å². The van der Waals surface area contributed by atoms with Crippen LogP contribution in [0.4, 0.5) is 0 Å². The highest BCUT2D eigenvalue weighted by atomic mass is 14.1. The zero-order valence-corrected chi connectivity index (χ0v) is 6.44. The van der Waals surface area contributed by atoms with Crippen LogP contribution < -0.4 is 0 Å². The predicted octanol–water partition coefficient (Wildman–Crippen LogP) is 2.92. The summed E-state index contributed by atoms with van der Waals surface area (Å²) >= 11 is 0. The summed E-state index contributed by atoms with van der Waals surface area (Å²) in [6, 6.07) is 0. The minimum atomic E-state index is 0.758. The molecule has 0 radical (unpaired) electrons. The summed E-state index contributed by atoms with van der Waals surface area (Å²) in [5, 5.41) is 0. The SMILES string of the molecule is CC1=C(C)CC(C)C=C1. The van der Waals surface area contributed by atoms with Crippen LogP contribution >= 0.6 is 0 Å². The van der Waals surface area contributed by atoms with Crippen molar-refractivity contribution in [3.63, 3.8) is 0 Å². The number of hydrogen-bond donors (Lipinski definition) is 0. The zero-order chi connectivity index (χ0) is 6.85. The van der Waals surface area contributed by atoms with E-state index in [9.17, 15) is 0 Å². The normalized spacial score (nSPS) is 27.2. The number of hydrogen-bond acceptors (Lipinski definition) is 0. The van der Waals surface area contributed by atoms with Crippen molar-refractivity contribution in [1.29, 1.82) is 0 Å². The molecule has 9 heavy (non-hydrogen) atoms. The van der Waals surface area contributed by atoms with Crippen molar-refractivity contribution in [2.75, 3.05) is 0 Å². The second-order valence-corrected chi connectivity index (χ2v) is 3.00. The monoisotopic (exact) mass is 122 g/mol. The summed E-state index contributed by atoms with van der Waals surface area (Å²) in [5.74, 6) is 0.758. The second kappa shape index (κ2) is 2.38. The molecular formula is C9H14. The van der Waals surface area contributed by atoms with Gasteiger partial charge in [0.2, 0.25) is 0 Å². The Balaban J connectivity index is 2.75. The van der Waals surface area contributed by atoms with Gasteiger partial charge in [0.05, 0.1) is 0 Å². The molecule has 0 fully saturated rings. The standard InChI is InChI=1S/C9H14/c1-7-4-5-8(2)9(3)6-7/h4-5,7H,6H2,1-3H3. The fourth-order valence-electron chi connectivity index (χ4n) is 1.16. The molecule has 0 heterocycles. The van der Waals surface area contributed by atoms with Gasteiger partial charge >= 0.3 is 0 Å². The van der Waals surface area contributed by atoms with E-state index in [-0.39, 0.29) is 0 Å². The summed E-state index contributed by atoms with van der Waals surface area (Å²) in [6.45, 7) is 6.65. The van der Waals surface area contributed by atoms with Crippen molar-refractivity contribution >= 4 is 0 Å². The molecule has 0 saturated carbocycles. The summed E-state index contributed by atoms with van der Waals surface area (Å²) in [5.41, 5.74) is 3.00. The molecule has 0 heteroatoms. The first-order valence-corrected chi connectivity index (χ1v) is 3.54. The minimum Gasteiger partial charge on any atom is -0.0811 e. The van der Waals surface area contributed by atoms with E-state index in [0.29, 0.717) is 0 Å². The number of allylic oxidation sites excluding steroid dienone is 4. The maximum atomic E-state index is 2.28. The van der Waals surface area contributed by atoms with Gasteiger partial charge in [-0.1, -0.05) is 30.2 Å². The highest BCUT2D eigenvalue weighted by molar-refractivity contribution is 5.27. The average molecular weight is 122 g/mol. The van der Waals surface area contributed by atoms with Gasteiger partial charge in [0.15, 0.2) is 0 Å². The van der Waals surface area contributed by atoms with Gasteiger partial charge in [0.1, 0.15) is 0 Å². The molecule has 0 aliphatic heterocycles. The molecule has 0 aromatic heterocycles. The van der Waals surface area contributed by atoms with E-state index in [1.165, 1.54) is 12.0 Å². The molecule has 1 atom stereocenters. The summed E-state index contributed by atoms with van der Waals surface area (Å²) in [4.78, 5) is 0. The smallest absolute Gasteiger partial charge is 0.0221 e. The number of rotatable bonds is 0. The molecule has 0 bridgehead atoms. The highest BCUT2D eigenvalue weighted by Gasteiger charge is 2.04. The molecule has 0 amide bonds. The van der Waals surface area contributed by atoms with Gasteiger partial charge in [-0.05, 0) is 26.2 Å². The molecule has 50 valence electrons. The lowest BCUT2D eigenvalue weighted by atomic mass is 9.93. The Bertz CT molecular complexity index is 161. The summed E-state index contributed by atoms with van der Waals surface area (Å²) < 4.78 is 0. The average Bonchev–Trinajstić information content (AvgIpc) is 1.80. The molecule has 0 aromatic carbocycles. The Kier molecular flexibility index (Phi) is 1.75. The lowest BCUT2D eigenvalue weighted by molar-refractivity contribution is 0.700. The molecule has 1 aliphatic rings. The molecule has 0 spiro atoms. The van der Waals surface area contributed by atoms with Crippen LogP contribution in [0, 0.1) is 5.92 Å². The maximum absolute atomic E-state index is 2.28. The third-order valence-electron chi connectivity index (χ3n) is 1.98. The van der Waals surface area contributed by atoms with Gasteiger partial charge in [-0.15, -0.1) is 0 Å². The molecule has 0 nitrogen and oxygen atoms in total. The third kappa shape index (κ3) is 1.44. The van der Waals surface area contributed by atoms with Crippen molar-refractivity contribution in [3.05, 3.63) is 23.3 Å². The van der Waals surface area contributed by atoms with E-state index >= 15 is 0 Å².